The van der Waals surface area contributed by atoms with E-state index in [9.17, 15) is 18.0 Å². The van der Waals surface area contributed by atoms with Gasteiger partial charge < -0.3 is 15.0 Å². The van der Waals surface area contributed by atoms with Gasteiger partial charge in [-0.25, -0.2) is 4.39 Å². The minimum Gasteiger partial charge on any atom is -0.434 e. The molecule has 4 nitrogen and oxygen atoms in total. The van der Waals surface area contributed by atoms with Gasteiger partial charge in [-0.3, -0.25) is 4.79 Å². The molecule has 0 aromatic heterocycles. The van der Waals surface area contributed by atoms with E-state index in [1.54, 1.807) is 4.90 Å². The molecule has 3 rings (SSSR count). The van der Waals surface area contributed by atoms with E-state index in [1.165, 1.54) is 6.07 Å². The molecular weight excluding hydrogens is 333 g/mol. The lowest BCUT2D eigenvalue weighted by atomic mass is 10.1. The van der Waals surface area contributed by atoms with Crippen LogP contribution in [0.5, 0.6) is 5.75 Å². The molecule has 2 saturated heterocycles. The average molecular weight is 351 g/mol. The number of ether oxygens (including phenoxy) is 1. The van der Waals surface area contributed by atoms with E-state index in [1.807, 2.05) is 0 Å². The Morgan fingerprint density at radius 3 is 2.74 bits per heavy atom. The van der Waals surface area contributed by atoms with E-state index >= 15 is 0 Å². The van der Waals surface area contributed by atoms with Gasteiger partial charge in [0.05, 0.1) is 5.56 Å². The molecule has 1 N–H and O–H groups in total. The zero-order valence-electron chi connectivity index (χ0n) is 12.3. The van der Waals surface area contributed by atoms with Crippen molar-refractivity contribution in [3.05, 3.63) is 29.6 Å². The number of alkyl halides is 2. The van der Waals surface area contributed by atoms with Crippen LogP contribution >= 0.6 is 12.4 Å². The molecular formula is C15H18ClF3N2O2. The molecule has 0 aliphatic carbocycles. The first-order valence-electron chi connectivity index (χ1n) is 7.32. The maximum atomic E-state index is 13.2. The van der Waals surface area contributed by atoms with Crippen LogP contribution in [0.15, 0.2) is 18.2 Å². The van der Waals surface area contributed by atoms with Gasteiger partial charge in [0, 0.05) is 31.2 Å². The summed E-state index contributed by atoms with van der Waals surface area (Å²) in [4.78, 5) is 14.2. The Balaban J connectivity index is 0.00000192. The van der Waals surface area contributed by atoms with Gasteiger partial charge >= 0.3 is 6.61 Å². The number of rotatable bonds is 3. The summed E-state index contributed by atoms with van der Waals surface area (Å²) in [5.41, 5.74) is -0.0283. The molecule has 23 heavy (non-hydrogen) atoms. The highest BCUT2D eigenvalue weighted by atomic mass is 35.5. The number of hydrogen-bond donors (Lipinski definition) is 1. The van der Waals surface area contributed by atoms with E-state index in [0.717, 1.165) is 31.4 Å². The SMILES string of the molecule is Cl.O=C(c1ccc(F)cc1OC(F)F)N1CCC2CCC(C1)N2. The van der Waals surface area contributed by atoms with Crippen LogP contribution in [-0.4, -0.2) is 42.6 Å². The van der Waals surface area contributed by atoms with Gasteiger partial charge in [-0.1, -0.05) is 0 Å². The van der Waals surface area contributed by atoms with Crippen molar-refractivity contribution in [3.8, 4) is 5.75 Å². The second kappa shape index (κ2) is 7.40. The first-order chi connectivity index (χ1) is 10.5. The average Bonchev–Trinajstić information content (AvgIpc) is 2.77. The lowest BCUT2D eigenvalue weighted by molar-refractivity contribution is -0.0504. The molecule has 1 amide bonds. The predicted octanol–water partition coefficient (Wildman–Crippen LogP) is 2.82. The minimum atomic E-state index is -3.10. The fourth-order valence-corrected chi connectivity index (χ4v) is 3.16. The van der Waals surface area contributed by atoms with Crippen molar-refractivity contribution in [1.29, 1.82) is 0 Å². The third kappa shape index (κ3) is 4.09. The first-order valence-corrected chi connectivity index (χ1v) is 7.32. The number of benzene rings is 1. The molecule has 128 valence electrons. The Kier molecular flexibility index (Phi) is 5.75. The van der Waals surface area contributed by atoms with Gasteiger partial charge in [-0.2, -0.15) is 8.78 Å². The molecule has 2 fully saturated rings. The number of likely N-dealkylation sites (tertiary alicyclic amines) is 1. The Labute approximate surface area is 138 Å². The zero-order valence-corrected chi connectivity index (χ0v) is 13.1. The Morgan fingerprint density at radius 2 is 2.00 bits per heavy atom. The van der Waals surface area contributed by atoms with Gasteiger partial charge in [0.2, 0.25) is 0 Å². The van der Waals surface area contributed by atoms with Gasteiger partial charge in [0.15, 0.2) is 0 Å². The molecule has 0 spiro atoms. The topological polar surface area (TPSA) is 41.6 Å². The highest BCUT2D eigenvalue weighted by Crippen LogP contribution is 2.26. The number of nitrogens with one attached hydrogen (secondary N) is 1. The number of halogens is 4. The fraction of sp³-hybridized carbons (Fsp3) is 0.533. The second-order valence-electron chi connectivity index (χ2n) is 5.70. The molecule has 2 bridgehead atoms. The molecule has 1 aromatic rings. The van der Waals surface area contributed by atoms with Crippen LogP contribution in [0.25, 0.3) is 0 Å². The zero-order chi connectivity index (χ0) is 15.7. The van der Waals surface area contributed by atoms with Crippen molar-refractivity contribution in [2.75, 3.05) is 13.1 Å². The Hall–Kier alpha value is -1.47. The van der Waals surface area contributed by atoms with Gasteiger partial charge in [-0.15, -0.1) is 12.4 Å². The van der Waals surface area contributed by atoms with Crippen LogP contribution < -0.4 is 10.1 Å². The summed E-state index contributed by atoms with van der Waals surface area (Å²) in [7, 11) is 0. The third-order valence-corrected chi connectivity index (χ3v) is 4.20. The summed E-state index contributed by atoms with van der Waals surface area (Å²) in [5.74, 6) is -1.53. The van der Waals surface area contributed by atoms with Crippen LogP contribution in [0.1, 0.15) is 29.6 Å². The van der Waals surface area contributed by atoms with Crippen molar-refractivity contribution in [2.45, 2.75) is 38.0 Å². The maximum Gasteiger partial charge on any atom is 0.387 e. The normalized spacial score (nSPS) is 23.4. The highest BCUT2D eigenvalue weighted by Gasteiger charge is 2.32. The van der Waals surface area contributed by atoms with Gasteiger partial charge in [0.1, 0.15) is 11.6 Å². The quantitative estimate of drug-likeness (QED) is 0.911. The van der Waals surface area contributed by atoms with E-state index in [4.69, 9.17) is 0 Å². The monoisotopic (exact) mass is 350 g/mol. The number of fused-ring (bicyclic) bond motifs is 2. The number of nitrogens with zero attached hydrogens (tertiary/aromatic N) is 1. The summed E-state index contributed by atoms with van der Waals surface area (Å²) < 4.78 is 42.4. The van der Waals surface area contributed by atoms with E-state index in [2.05, 4.69) is 10.1 Å². The largest absolute Gasteiger partial charge is 0.434 e. The lowest BCUT2D eigenvalue weighted by Gasteiger charge is -2.25. The molecule has 2 aliphatic rings. The van der Waals surface area contributed by atoms with Crippen LogP contribution in [0.3, 0.4) is 0 Å². The fourth-order valence-electron chi connectivity index (χ4n) is 3.16. The van der Waals surface area contributed by atoms with Gasteiger partial charge in [-0.05, 0) is 31.4 Å². The molecule has 2 atom stereocenters. The second-order valence-corrected chi connectivity index (χ2v) is 5.70. The third-order valence-electron chi connectivity index (χ3n) is 4.20. The van der Waals surface area contributed by atoms with Crippen molar-refractivity contribution in [2.24, 2.45) is 0 Å². The number of hydrogen-bond acceptors (Lipinski definition) is 3. The maximum absolute atomic E-state index is 13.2. The summed E-state index contributed by atoms with van der Waals surface area (Å²) in [5, 5.41) is 3.44. The summed E-state index contributed by atoms with van der Waals surface area (Å²) in [6.07, 6.45) is 2.93. The standard InChI is InChI=1S/C15H17F3N2O2.ClH/c16-9-1-4-12(13(7-9)22-15(17)18)14(21)20-6-5-10-2-3-11(8-20)19-10;/h1,4,7,10-11,15,19H,2-3,5-6,8H2;1H. The van der Waals surface area contributed by atoms with E-state index in [-0.39, 0.29) is 24.0 Å². The first kappa shape index (κ1) is 17.9. The predicted molar refractivity (Wildman–Crippen MR) is 80.7 cm³/mol. The van der Waals surface area contributed by atoms with Crippen LogP contribution in [-0.2, 0) is 0 Å². The van der Waals surface area contributed by atoms with E-state index in [0.29, 0.717) is 19.1 Å². The molecule has 0 radical (unpaired) electrons. The van der Waals surface area contributed by atoms with E-state index < -0.39 is 24.1 Å². The minimum absolute atomic E-state index is 0. The van der Waals surface area contributed by atoms with Gasteiger partial charge in [0.25, 0.3) is 5.91 Å². The molecule has 1 aromatic carbocycles. The van der Waals surface area contributed by atoms with Crippen molar-refractivity contribution >= 4 is 18.3 Å². The lowest BCUT2D eigenvalue weighted by Crippen LogP contribution is -2.39. The summed E-state index contributed by atoms with van der Waals surface area (Å²) in [6.45, 7) is -2.02. The smallest absolute Gasteiger partial charge is 0.387 e. The van der Waals surface area contributed by atoms with Crippen LogP contribution in [0.2, 0.25) is 0 Å². The molecule has 2 aliphatic heterocycles. The summed E-state index contributed by atoms with van der Waals surface area (Å²) >= 11 is 0. The summed E-state index contributed by atoms with van der Waals surface area (Å²) in [6, 6.07) is 3.74. The highest BCUT2D eigenvalue weighted by molar-refractivity contribution is 5.97. The Morgan fingerprint density at radius 1 is 1.26 bits per heavy atom. The van der Waals surface area contributed by atoms with Crippen LogP contribution in [0.4, 0.5) is 13.2 Å². The van der Waals surface area contributed by atoms with Crippen molar-refractivity contribution in [1.82, 2.24) is 10.2 Å². The molecule has 2 heterocycles. The molecule has 2 unspecified atom stereocenters. The number of carbonyl (C=O) groups excluding carboxylic acids is 1. The number of amides is 1. The van der Waals surface area contributed by atoms with Crippen LogP contribution in [0, 0.1) is 5.82 Å². The molecule has 8 heteroatoms. The Bertz CT molecular complexity index is 574. The van der Waals surface area contributed by atoms with Crippen molar-refractivity contribution in [3.63, 3.8) is 0 Å². The number of carbonyl (C=O) groups is 1. The molecule has 0 saturated carbocycles. The van der Waals surface area contributed by atoms with Crippen molar-refractivity contribution < 1.29 is 22.7 Å².